The van der Waals surface area contributed by atoms with Crippen molar-refractivity contribution in [2.24, 2.45) is 23.7 Å². The molecule has 2 aliphatic heterocycles. The molecule has 24 nitrogen and oxygen atoms in total. The van der Waals surface area contributed by atoms with Crippen LogP contribution in [0.25, 0.3) is 28.1 Å². The van der Waals surface area contributed by atoms with Crippen LogP contribution in [0.3, 0.4) is 0 Å². The lowest BCUT2D eigenvalue weighted by Crippen LogP contribution is -2.41. The first-order valence-electron chi connectivity index (χ1n) is 42.5. The van der Waals surface area contributed by atoms with E-state index in [0.717, 1.165) is 108 Å². The number of anilines is 4. The molecule has 4 saturated carbocycles. The van der Waals surface area contributed by atoms with Gasteiger partial charge in [-0.25, -0.2) is 18.7 Å². The van der Waals surface area contributed by atoms with Gasteiger partial charge in [0.25, 0.3) is 5.91 Å². The number of hydrogen-bond donors (Lipinski definition) is 5. The molecule has 34 heteroatoms. The quantitative estimate of drug-likeness (QED) is 0.0172. The van der Waals surface area contributed by atoms with Crippen LogP contribution in [0.5, 0.6) is 0 Å². The molecule has 664 valence electrons. The largest absolute Gasteiger partial charge is 0.438 e. The van der Waals surface area contributed by atoms with E-state index < -0.39 is 52.3 Å². The summed E-state index contributed by atoms with van der Waals surface area (Å²) in [4.78, 5) is 82.8. The monoisotopic (exact) mass is 2090 g/mol. The summed E-state index contributed by atoms with van der Waals surface area (Å²) >= 11 is 17.3. The number of nitrogens with two attached hydrogens (primary N) is 2. The minimum atomic E-state index is -2.85. The Labute approximate surface area is 768 Å². The maximum absolute atomic E-state index is 15.6. The number of benzene rings is 6. The summed E-state index contributed by atoms with van der Waals surface area (Å²) < 4.78 is 86.3. The van der Waals surface area contributed by atoms with Gasteiger partial charge in [-0.3, -0.25) is 37.8 Å². The van der Waals surface area contributed by atoms with Crippen LogP contribution >= 0.6 is 111 Å². The summed E-state index contributed by atoms with van der Waals surface area (Å²) in [5.41, 5.74) is 18.3. The first kappa shape index (κ1) is 97.5. The van der Waals surface area contributed by atoms with Gasteiger partial charge in [0.1, 0.15) is 56.6 Å². The number of fused-ring (bicyclic) bond motifs is 2. The highest BCUT2D eigenvalue weighted by molar-refractivity contribution is 14.1. The third-order valence-corrected chi connectivity index (χ3v) is 38.3. The normalized spacial score (nSPS) is 17.4. The van der Waals surface area contributed by atoms with Gasteiger partial charge in [0.05, 0.1) is 34.5 Å². The van der Waals surface area contributed by atoms with E-state index in [1.165, 1.54) is 14.7 Å². The van der Waals surface area contributed by atoms with E-state index in [1.807, 2.05) is 132 Å². The molecule has 3 atom stereocenters. The molecule has 1 saturated heterocycles. The number of aromatic amines is 1. The maximum atomic E-state index is 15.6. The van der Waals surface area contributed by atoms with Gasteiger partial charge in [-0.05, 0) is 258 Å². The molecule has 6 aliphatic rings. The molecule has 4 aromatic heterocycles. The highest BCUT2D eigenvalue weighted by atomic mass is 127. The Morgan fingerprint density at radius 2 is 1.16 bits per heavy atom. The van der Waals surface area contributed by atoms with Crippen molar-refractivity contribution in [3.63, 3.8) is 0 Å². The number of carbonyl (C=O) groups is 4. The van der Waals surface area contributed by atoms with Crippen molar-refractivity contribution in [1.82, 2.24) is 38.5 Å². The number of nitrogens with one attached hydrogen (secondary N) is 3. The molecule has 124 heavy (non-hydrogen) atoms. The van der Waals surface area contributed by atoms with E-state index in [1.54, 1.807) is 61.3 Å². The Bertz CT molecular complexity index is 5880. The number of H-pyrrole nitrogens is 1. The van der Waals surface area contributed by atoms with Crippen LogP contribution in [0.4, 0.5) is 27.1 Å². The molecule has 0 spiro atoms. The predicted molar refractivity (Wildman–Crippen MR) is 518 cm³/mol. The number of aryl methyl sites for hydroxylation is 2. The van der Waals surface area contributed by atoms with Crippen LogP contribution in [0.2, 0.25) is 0 Å². The summed E-state index contributed by atoms with van der Waals surface area (Å²) in [5, 5.41) is 18.2. The van der Waals surface area contributed by atoms with Crippen molar-refractivity contribution in [2.75, 3.05) is 91.2 Å². The van der Waals surface area contributed by atoms with Crippen LogP contribution in [0.1, 0.15) is 183 Å². The molecule has 5 fully saturated rings. The van der Waals surface area contributed by atoms with E-state index in [2.05, 4.69) is 116 Å². The molecule has 7 N–H and O–H groups in total. The molecule has 4 aliphatic carbocycles. The van der Waals surface area contributed by atoms with Gasteiger partial charge in [0.2, 0.25) is 17.1 Å². The van der Waals surface area contributed by atoms with Crippen molar-refractivity contribution >= 4 is 184 Å². The van der Waals surface area contributed by atoms with E-state index in [0.29, 0.717) is 149 Å². The minimum absolute atomic E-state index is 0.00358. The second-order valence-corrected chi connectivity index (χ2v) is 49.4. The Hall–Kier alpha value is -7.16. The Morgan fingerprint density at radius 1 is 0.653 bits per heavy atom. The van der Waals surface area contributed by atoms with Gasteiger partial charge in [-0.2, -0.15) is 5.10 Å². The van der Waals surface area contributed by atoms with Crippen LogP contribution < -0.4 is 49.5 Å². The van der Waals surface area contributed by atoms with Crippen LogP contribution in [-0.2, 0) is 49.3 Å². The molecule has 0 radical (unpaired) electrons. The number of rotatable bonds is 23. The highest BCUT2D eigenvalue weighted by Gasteiger charge is 2.59. The van der Waals surface area contributed by atoms with E-state index in [9.17, 15) is 37.4 Å². The van der Waals surface area contributed by atoms with Gasteiger partial charge in [0, 0.05) is 154 Å². The molecular weight excluding hydrogens is 1990 g/mol. The lowest BCUT2D eigenvalue weighted by Gasteiger charge is -2.34. The van der Waals surface area contributed by atoms with Crippen molar-refractivity contribution in [2.45, 2.75) is 165 Å². The molecule has 0 unspecified atom stereocenters. The number of aromatic nitrogens is 7. The Balaban J connectivity index is 0.000000220. The Kier molecular flexibility index (Phi) is 33.0. The van der Waals surface area contributed by atoms with Crippen molar-refractivity contribution in [3.05, 3.63) is 205 Å². The van der Waals surface area contributed by atoms with Crippen molar-refractivity contribution in [1.29, 1.82) is 0 Å². The third kappa shape index (κ3) is 22.2. The zero-order valence-electron chi connectivity index (χ0n) is 72.1. The minimum Gasteiger partial charge on any atom is -0.398 e. The molecular formula is C90H111Br3ClFIN12O12P4+. The average molecular weight is 2100 g/mol. The summed E-state index contributed by atoms with van der Waals surface area (Å²) in [7, 11) is -8.31. The van der Waals surface area contributed by atoms with Crippen molar-refractivity contribution < 1.29 is 51.1 Å². The molecule has 16 rings (SSSR count). The number of ether oxygens (including phenoxy) is 1. The standard InChI is InChI=1S/C52H57FN9O7P.C14H19BrNO2P.C10H15BrNOP.C6H5BrIN.C4H5ClO.C4H10OP/c1-7-70(67,8-2)43-14-12-37(27-40(43)54-46(63)34-9-10-34)59-19-20-60(51(59)66)47-44-32(6)58(18-15-39(44)56-62(47)38-23-29(3)45(53)30(4)24-38)48(64)42-26-36-25-35(33-16-21-68-22-17-33)11-13-41(36)61(42)52(28-31(52)5)49-55-50(65)69-57-49;1-3-19(18,4-2)13-8-7-11(15)9-12(13)16-14(17)10-5-6-10;1-3-14(13,4-2)10-6-5-8(11)7-9(10)12;7-4-1-2-5(8)6(9)3-4;5-4(6)3-1-2-3;1-3-6(5)4-2/h11-14,19-20,23-27,31-34H,7-10,15-18,21-22,28H2,1-6H3,(H,54,63)(H,55,57,65);7-10H,3-6H2,1-2H3,(H,16,17);5-7H,3-4,12H2,1-2H3;1-3H,9H2;3H,1-2H2;3-4H2,1-2H3/q;;;;;+1/t31-,32-,52-;;;;;/m0...../s1. The van der Waals surface area contributed by atoms with E-state index in [-0.39, 0.29) is 52.5 Å². The summed E-state index contributed by atoms with van der Waals surface area (Å²) in [6.07, 6.45) is 16.7. The average Bonchev–Trinajstić information content (AvgIpc) is 1.64. The van der Waals surface area contributed by atoms with Crippen LogP contribution in [0, 0.1) is 46.9 Å². The number of halogens is 6. The lowest BCUT2D eigenvalue weighted by molar-refractivity contribution is -0.118. The topological polar surface area (TPSA) is 334 Å². The number of amides is 3. The first-order valence-corrected chi connectivity index (χ1v) is 54.2. The van der Waals surface area contributed by atoms with Crippen LogP contribution in [0.15, 0.2) is 149 Å². The van der Waals surface area contributed by atoms with Crippen molar-refractivity contribution in [3.8, 4) is 17.2 Å². The van der Waals surface area contributed by atoms with Gasteiger partial charge in [0.15, 0.2) is 5.82 Å². The van der Waals surface area contributed by atoms with E-state index in [4.69, 9.17) is 37.4 Å². The smallest absolute Gasteiger partial charge is 0.398 e. The molecule has 0 bridgehead atoms. The number of hydrogen-bond acceptors (Lipinski definition) is 16. The zero-order valence-corrected chi connectivity index (χ0v) is 83.4. The second kappa shape index (κ2) is 41.9. The highest BCUT2D eigenvalue weighted by Crippen LogP contribution is 2.57. The zero-order chi connectivity index (χ0) is 90.2. The third-order valence-electron chi connectivity index (χ3n) is 24.2. The van der Waals surface area contributed by atoms with Gasteiger partial charge < -0.3 is 50.0 Å². The van der Waals surface area contributed by atoms with Gasteiger partial charge in [-0.15, -0.1) is 0 Å². The molecule has 6 aromatic carbocycles. The van der Waals surface area contributed by atoms with Gasteiger partial charge >= 0.3 is 19.2 Å². The fourth-order valence-electron chi connectivity index (χ4n) is 15.8. The predicted octanol–water partition coefficient (Wildman–Crippen LogP) is 20.6. The van der Waals surface area contributed by atoms with E-state index >= 15 is 14.0 Å². The molecule has 6 heterocycles. The number of nitrogen functional groups attached to an aromatic ring is 2. The van der Waals surface area contributed by atoms with Gasteiger partial charge in [-0.1, -0.05) is 112 Å². The fraction of sp³-hybridized carbons (Fsp3) is 0.444. The summed E-state index contributed by atoms with van der Waals surface area (Å²) in [5.74, 6) is 0.00305. The second-order valence-electron chi connectivity index (χ2n) is 32.3. The number of imidazole rings is 1. The Morgan fingerprint density at radius 3 is 1.64 bits per heavy atom. The molecule has 3 amide bonds. The summed E-state index contributed by atoms with van der Waals surface area (Å²) in [6, 6.07) is 33.3. The van der Waals surface area contributed by atoms with Crippen LogP contribution in [-0.4, -0.2) is 131 Å². The lowest BCUT2D eigenvalue weighted by atomic mass is 9.91. The number of nitrogens with zero attached hydrogens (tertiary/aromatic N) is 7. The molecule has 10 aromatic rings. The first-order chi connectivity index (χ1) is 59.0. The fourth-order valence-corrected chi connectivity index (χ4v) is 24.0. The number of carbonyl (C=O) groups excluding carboxylic acids is 4. The SMILES string of the molecule is CCP(=O)(CC)c1ccc(-n2ccn(-c3c4c(nn3-c3cc(C)c(F)c(C)c3)CCN(C(=O)c3cc5cc(C6CCOCC6)ccc5n3[C@@]3(c5noc(=O)[nH]5)C[C@@H]3C)[C@H]4C)c2=O)cc1NC(=O)C1CC1.CCP(=O)(CC)c1ccc(Br)cc1N.CCP(=O)(CC)c1ccc(Br)cc1NC(=O)C1CC1.CC[P+](=O)CC.Nc1cc(Br)ccc1I.O=C(Cl)C1CC1. The summed E-state index contributed by atoms with van der Waals surface area (Å²) in [6.45, 7) is 24.5. The maximum Gasteiger partial charge on any atom is 0.438 e.